The highest BCUT2D eigenvalue weighted by atomic mass is 15.0. The molecule has 3 heteroatoms. The Morgan fingerprint density at radius 3 is 1.63 bits per heavy atom. The summed E-state index contributed by atoms with van der Waals surface area (Å²) in [6, 6.07) is 56.9. The Hall–Kier alpha value is -6.19. The molecule has 0 amide bonds. The largest absolute Gasteiger partial charge is 0.309 e. The Bertz CT molecular complexity index is 2730. The van der Waals surface area contributed by atoms with Gasteiger partial charge in [0.1, 0.15) is 5.65 Å². The lowest BCUT2D eigenvalue weighted by atomic mass is 9.95. The molecule has 0 N–H and O–H groups in total. The fourth-order valence-electron chi connectivity index (χ4n) is 7.38. The van der Waals surface area contributed by atoms with Crippen LogP contribution in [0.25, 0.3) is 88.0 Å². The van der Waals surface area contributed by atoms with Crippen molar-refractivity contribution in [2.75, 3.05) is 0 Å². The van der Waals surface area contributed by atoms with Gasteiger partial charge in [0.15, 0.2) is 0 Å². The Balaban J connectivity index is 1.04. The van der Waals surface area contributed by atoms with Crippen LogP contribution >= 0.6 is 0 Å². The van der Waals surface area contributed by atoms with Gasteiger partial charge in [0.25, 0.3) is 0 Å². The lowest BCUT2D eigenvalue weighted by molar-refractivity contribution is 1.18. The average molecular weight is 586 g/mol. The Kier molecular flexibility index (Phi) is 5.28. The van der Waals surface area contributed by atoms with E-state index in [0.717, 1.165) is 16.7 Å². The third-order valence-electron chi connectivity index (χ3n) is 9.53. The summed E-state index contributed by atoms with van der Waals surface area (Å²) in [6.45, 7) is 0. The molecule has 214 valence electrons. The number of pyridine rings is 1. The molecule has 0 saturated carbocycles. The summed E-state index contributed by atoms with van der Waals surface area (Å²) in [6.07, 6.45) is 2.11. The van der Waals surface area contributed by atoms with Crippen molar-refractivity contribution in [2.24, 2.45) is 0 Å². The van der Waals surface area contributed by atoms with E-state index in [1.165, 1.54) is 71.3 Å². The zero-order chi connectivity index (χ0) is 30.2. The third-order valence-corrected chi connectivity index (χ3v) is 9.53. The van der Waals surface area contributed by atoms with Gasteiger partial charge in [-0.15, -0.1) is 0 Å². The number of benzene rings is 7. The van der Waals surface area contributed by atoms with Gasteiger partial charge in [-0.3, -0.25) is 4.40 Å². The number of hydrogen-bond donors (Lipinski definition) is 0. The van der Waals surface area contributed by atoms with Gasteiger partial charge in [-0.2, -0.15) is 0 Å². The molecule has 46 heavy (non-hydrogen) atoms. The lowest BCUT2D eigenvalue weighted by Gasteiger charge is -2.11. The van der Waals surface area contributed by atoms with Crippen LogP contribution in [0.5, 0.6) is 0 Å². The molecule has 10 aromatic rings. The van der Waals surface area contributed by atoms with E-state index in [-0.39, 0.29) is 0 Å². The van der Waals surface area contributed by atoms with Gasteiger partial charge < -0.3 is 4.57 Å². The fourth-order valence-corrected chi connectivity index (χ4v) is 7.38. The van der Waals surface area contributed by atoms with Crippen molar-refractivity contribution in [1.82, 2.24) is 14.0 Å². The number of aromatic nitrogens is 3. The molecular formula is C43H27N3. The summed E-state index contributed by atoms with van der Waals surface area (Å²) < 4.78 is 4.58. The number of hydrogen-bond acceptors (Lipinski definition) is 1. The van der Waals surface area contributed by atoms with Crippen LogP contribution in [0.2, 0.25) is 0 Å². The molecule has 10 rings (SSSR count). The third kappa shape index (κ3) is 3.63. The van der Waals surface area contributed by atoms with Crippen molar-refractivity contribution in [3.05, 3.63) is 164 Å². The number of nitrogens with zero attached hydrogens (tertiary/aromatic N) is 3. The first-order chi connectivity index (χ1) is 22.8. The van der Waals surface area contributed by atoms with Crippen LogP contribution in [0.15, 0.2) is 164 Å². The van der Waals surface area contributed by atoms with Gasteiger partial charge >= 0.3 is 0 Å². The molecule has 0 spiro atoms. The monoisotopic (exact) mass is 585 g/mol. The van der Waals surface area contributed by atoms with Gasteiger partial charge in [-0.1, -0.05) is 115 Å². The topological polar surface area (TPSA) is 22.2 Å². The van der Waals surface area contributed by atoms with Gasteiger partial charge in [0.05, 0.1) is 22.1 Å². The highest BCUT2D eigenvalue weighted by molar-refractivity contribution is 6.24. The van der Waals surface area contributed by atoms with Crippen LogP contribution in [0.3, 0.4) is 0 Å². The quantitative estimate of drug-likeness (QED) is 0.189. The zero-order valence-electron chi connectivity index (χ0n) is 24.9. The number of imidazole rings is 1. The SMILES string of the molecule is c1ccc2c(c1)c1cc(-c3ccc(-c4ccc(-n5c6ccccc6c6ccccc65)cc4)cc3)ccc1c1c2nc2ccccn21. The van der Waals surface area contributed by atoms with Gasteiger partial charge in [-0.05, 0) is 75.5 Å². The van der Waals surface area contributed by atoms with Crippen LogP contribution in [0.1, 0.15) is 0 Å². The smallest absolute Gasteiger partial charge is 0.137 e. The van der Waals surface area contributed by atoms with Crippen LogP contribution in [0.4, 0.5) is 0 Å². The summed E-state index contributed by atoms with van der Waals surface area (Å²) in [4.78, 5) is 5.02. The molecule has 0 radical (unpaired) electrons. The molecule has 0 saturated heterocycles. The molecule has 0 atom stereocenters. The van der Waals surface area contributed by atoms with Crippen molar-refractivity contribution in [3.63, 3.8) is 0 Å². The molecule has 0 bridgehead atoms. The first-order valence-electron chi connectivity index (χ1n) is 15.7. The van der Waals surface area contributed by atoms with E-state index in [2.05, 4.69) is 167 Å². The van der Waals surface area contributed by atoms with Crippen molar-refractivity contribution in [3.8, 4) is 27.9 Å². The molecule has 0 aliphatic carbocycles. The summed E-state index contributed by atoms with van der Waals surface area (Å²) >= 11 is 0. The highest BCUT2D eigenvalue weighted by Gasteiger charge is 2.15. The van der Waals surface area contributed by atoms with E-state index in [0.29, 0.717) is 0 Å². The van der Waals surface area contributed by atoms with E-state index in [9.17, 15) is 0 Å². The minimum absolute atomic E-state index is 0.970. The lowest BCUT2D eigenvalue weighted by Crippen LogP contribution is -1.93. The number of rotatable bonds is 3. The molecule has 0 unspecified atom stereocenters. The molecule has 7 aromatic carbocycles. The van der Waals surface area contributed by atoms with Gasteiger partial charge in [0.2, 0.25) is 0 Å². The second-order valence-electron chi connectivity index (χ2n) is 12.0. The summed E-state index contributed by atoms with van der Waals surface area (Å²) in [5.41, 5.74) is 11.6. The predicted octanol–water partition coefficient (Wildman–Crippen LogP) is 11.2. The molecule has 0 fully saturated rings. The second-order valence-corrected chi connectivity index (χ2v) is 12.0. The number of para-hydroxylation sites is 2. The number of fused-ring (bicyclic) bond motifs is 11. The first kappa shape index (κ1) is 25.2. The molecule has 0 aliphatic heterocycles. The summed E-state index contributed by atoms with van der Waals surface area (Å²) in [7, 11) is 0. The zero-order valence-corrected chi connectivity index (χ0v) is 24.9. The van der Waals surface area contributed by atoms with Crippen molar-refractivity contribution in [2.45, 2.75) is 0 Å². The Morgan fingerprint density at radius 1 is 0.391 bits per heavy atom. The highest BCUT2D eigenvalue weighted by Crippen LogP contribution is 2.38. The Morgan fingerprint density at radius 2 is 0.935 bits per heavy atom. The maximum absolute atomic E-state index is 5.02. The molecule has 3 nitrogen and oxygen atoms in total. The van der Waals surface area contributed by atoms with E-state index in [1.807, 2.05) is 6.07 Å². The van der Waals surface area contributed by atoms with E-state index in [4.69, 9.17) is 4.98 Å². The van der Waals surface area contributed by atoms with Crippen LogP contribution in [-0.4, -0.2) is 14.0 Å². The Labute approximate surface area is 265 Å². The summed E-state index contributed by atoms with van der Waals surface area (Å²) in [5.74, 6) is 0. The normalized spacial score (nSPS) is 11.9. The van der Waals surface area contributed by atoms with Gasteiger partial charge in [-0.25, -0.2) is 4.98 Å². The first-order valence-corrected chi connectivity index (χ1v) is 15.7. The maximum atomic E-state index is 5.02. The van der Waals surface area contributed by atoms with Gasteiger partial charge in [0, 0.05) is 33.4 Å². The van der Waals surface area contributed by atoms with E-state index < -0.39 is 0 Å². The van der Waals surface area contributed by atoms with Crippen molar-refractivity contribution in [1.29, 1.82) is 0 Å². The standard InChI is InChI=1S/C43H27N3/c1-2-12-36-33(9-1)38-27-31(22-25-37(38)43-42(36)44-41-15-7-8-26-45(41)43)30-18-16-28(17-19-30)29-20-23-32(24-21-29)46-39-13-5-3-10-34(39)35-11-4-6-14-40(35)46/h1-27H. The fraction of sp³-hybridized carbons (Fsp3) is 0. The minimum Gasteiger partial charge on any atom is -0.309 e. The maximum Gasteiger partial charge on any atom is 0.137 e. The molecule has 3 heterocycles. The minimum atomic E-state index is 0.970. The van der Waals surface area contributed by atoms with E-state index >= 15 is 0 Å². The van der Waals surface area contributed by atoms with Crippen LogP contribution in [-0.2, 0) is 0 Å². The second kappa shape index (κ2) is 9.65. The van der Waals surface area contributed by atoms with E-state index in [1.54, 1.807) is 0 Å². The predicted molar refractivity (Wildman–Crippen MR) is 193 cm³/mol. The van der Waals surface area contributed by atoms with Crippen LogP contribution in [0, 0.1) is 0 Å². The van der Waals surface area contributed by atoms with Crippen molar-refractivity contribution < 1.29 is 0 Å². The summed E-state index contributed by atoms with van der Waals surface area (Å²) in [5, 5.41) is 7.44. The van der Waals surface area contributed by atoms with Crippen molar-refractivity contribution >= 4 is 60.0 Å². The molecule has 3 aromatic heterocycles. The molecule has 0 aliphatic rings. The average Bonchev–Trinajstić information content (AvgIpc) is 3.69. The van der Waals surface area contributed by atoms with Crippen LogP contribution < -0.4 is 0 Å². The molecular weight excluding hydrogens is 558 g/mol.